The average Bonchev–Trinajstić information content (AvgIpc) is 2.53. The van der Waals surface area contributed by atoms with Crippen molar-refractivity contribution in [2.24, 2.45) is 0 Å². The molecule has 140 valence electrons. The average molecular weight is 381 g/mol. The van der Waals surface area contributed by atoms with Crippen LogP contribution < -0.4 is 0 Å². The summed E-state index contributed by atoms with van der Waals surface area (Å²) in [6.45, 7) is 0. The Morgan fingerprint density at radius 1 is 0.769 bits per heavy atom. The van der Waals surface area contributed by atoms with Crippen molar-refractivity contribution in [3.63, 3.8) is 0 Å². The molecule has 0 fully saturated rings. The van der Waals surface area contributed by atoms with E-state index in [1.807, 2.05) is 0 Å². The van der Waals surface area contributed by atoms with Crippen LogP contribution in [0.5, 0.6) is 0 Å². The molecule has 26 heavy (non-hydrogen) atoms. The largest absolute Gasteiger partial charge is 0.435 e. The second-order valence-corrected chi connectivity index (χ2v) is 5.38. The number of rotatable bonds is 4. The van der Waals surface area contributed by atoms with Gasteiger partial charge in [0.15, 0.2) is 0 Å². The molecule has 10 heteroatoms. The third-order valence-electron chi connectivity index (χ3n) is 3.71. The van der Waals surface area contributed by atoms with Crippen LogP contribution in [0.25, 0.3) is 0 Å². The molecule has 2 aromatic carbocycles. The van der Waals surface area contributed by atoms with Crippen molar-refractivity contribution in [2.45, 2.75) is 24.1 Å². The number of nitro groups is 1. The first kappa shape index (κ1) is 19.7. The van der Waals surface area contributed by atoms with E-state index in [2.05, 4.69) is 0 Å². The molecule has 0 aliphatic rings. The van der Waals surface area contributed by atoms with Crippen molar-refractivity contribution < 1.29 is 35.7 Å². The van der Waals surface area contributed by atoms with Gasteiger partial charge >= 0.3 is 18.0 Å². The Balaban J connectivity index is 2.64. The van der Waals surface area contributed by atoms with Gasteiger partial charge in [-0.05, 0) is 6.07 Å². The summed E-state index contributed by atoms with van der Waals surface area (Å²) in [4.78, 5) is 10.4. The monoisotopic (exact) mass is 381 g/mol. The SMILES string of the molecule is O=[N+]([O-])C(c1ccccc1)c1cccc(C(F)(C(F)(F)F)C(F)(F)F)c1. The molecule has 0 aliphatic heterocycles. The predicted octanol–water partition coefficient (Wildman–Crippen LogP) is 5.34. The molecule has 0 aromatic heterocycles. The van der Waals surface area contributed by atoms with Crippen LogP contribution in [-0.2, 0) is 5.67 Å². The van der Waals surface area contributed by atoms with Gasteiger partial charge in [0.05, 0.1) is 0 Å². The molecule has 2 aromatic rings. The van der Waals surface area contributed by atoms with Crippen LogP contribution in [0.3, 0.4) is 0 Å². The Hall–Kier alpha value is -2.65. The molecule has 0 bridgehead atoms. The van der Waals surface area contributed by atoms with Crippen LogP contribution in [0.2, 0.25) is 0 Å². The lowest BCUT2D eigenvalue weighted by Crippen LogP contribution is -2.50. The van der Waals surface area contributed by atoms with Crippen molar-refractivity contribution >= 4 is 0 Å². The Labute approximate surface area is 142 Å². The van der Waals surface area contributed by atoms with E-state index in [1.165, 1.54) is 30.3 Å². The third-order valence-corrected chi connectivity index (χ3v) is 3.71. The van der Waals surface area contributed by atoms with E-state index in [0.29, 0.717) is 6.07 Å². The lowest BCUT2D eigenvalue weighted by atomic mass is 9.90. The number of benzene rings is 2. The quantitative estimate of drug-likeness (QED) is 0.408. The van der Waals surface area contributed by atoms with E-state index in [1.54, 1.807) is 0 Å². The molecule has 3 nitrogen and oxygen atoms in total. The molecular weight excluding hydrogens is 371 g/mol. The van der Waals surface area contributed by atoms with Gasteiger partial charge in [-0.15, -0.1) is 0 Å². The molecule has 0 saturated carbocycles. The number of hydrogen-bond donors (Lipinski definition) is 0. The van der Waals surface area contributed by atoms with Crippen LogP contribution >= 0.6 is 0 Å². The van der Waals surface area contributed by atoms with Gasteiger partial charge in [0.2, 0.25) is 0 Å². The minimum Gasteiger partial charge on any atom is -0.264 e. The molecule has 2 rings (SSSR count). The highest BCUT2D eigenvalue weighted by Gasteiger charge is 2.73. The van der Waals surface area contributed by atoms with Crippen molar-refractivity contribution in [3.8, 4) is 0 Å². The highest BCUT2D eigenvalue weighted by atomic mass is 19.4. The van der Waals surface area contributed by atoms with Gasteiger partial charge in [0.1, 0.15) is 0 Å². The molecule has 0 N–H and O–H groups in total. The molecule has 1 unspecified atom stereocenters. The van der Waals surface area contributed by atoms with Crippen molar-refractivity contribution in [2.75, 3.05) is 0 Å². The molecule has 0 amide bonds. The summed E-state index contributed by atoms with van der Waals surface area (Å²) in [5.74, 6) is 0. The Kier molecular flexibility index (Phi) is 4.98. The van der Waals surface area contributed by atoms with E-state index in [9.17, 15) is 40.8 Å². The standard InChI is InChI=1S/C16H10F7NO2/c17-14(15(18,19)20,16(21,22)23)12-8-4-7-11(9-12)13(24(25)26)10-5-2-1-3-6-10/h1-9,13H. The molecule has 1 atom stereocenters. The van der Waals surface area contributed by atoms with E-state index >= 15 is 0 Å². The number of alkyl halides is 7. The van der Waals surface area contributed by atoms with Gasteiger partial charge in [-0.3, -0.25) is 10.1 Å². The van der Waals surface area contributed by atoms with Crippen molar-refractivity contribution in [3.05, 3.63) is 81.4 Å². The van der Waals surface area contributed by atoms with E-state index < -0.39 is 40.1 Å². The number of hydrogen-bond acceptors (Lipinski definition) is 2. The van der Waals surface area contributed by atoms with Gasteiger partial charge in [0, 0.05) is 21.6 Å². The summed E-state index contributed by atoms with van der Waals surface area (Å²) in [7, 11) is 0. The van der Waals surface area contributed by atoms with Crippen LogP contribution in [-0.4, -0.2) is 17.3 Å². The Morgan fingerprint density at radius 3 is 1.73 bits per heavy atom. The lowest BCUT2D eigenvalue weighted by molar-refractivity contribution is -0.517. The fourth-order valence-corrected chi connectivity index (χ4v) is 2.48. The van der Waals surface area contributed by atoms with Crippen molar-refractivity contribution in [1.29, 1.82) is 0 Å². The van der Waals surface area contributed by atoms with Gasteiger partial charge in [-0.25, -0.2) is 4.39 Å². The van der Waals surface area contributed by atoms with Crippen LogP contribution in [0, 0.1) is 10.1 Å². The maximum atomic E-state index is 14.2. The molecule has 0 radical (unpaired) electrons. The van der Waals surface area contributed by atoms with Crippen molar-refractivity contribution in [1.82, 2.24) is 0 Å². The van der Waals surface area contributed by atoms with Crippen LogP contribution in [0.1, 0.15) is 22.7 Å². The first-order chi connectivity index (χ1) is 11.9. The second kappa shape index (κ2) is 6.58. The molecule has 0 spiro atoms. The smallest absolute Gasteiger partial charge is 0.264 e. The zero-order valence-electron chi connectivity index (χ0n) is 12.7. The first-order valence-corrected chi connectivity index (χ1v) is 7.01. The second-order valence-electron chi connectivity index (χ2n) is 5.38. The summed E-state index contributed by atoms with van der Waals surface area (Å²) in [5.41, 5.74) is -7.89. The van der Waals surface area contributed by atoms with Crippen LogP contribution in [0.4, 0.5) is 30.7 Å². The molecule has 0 saturated heterocycles. The number of halogens is 7. The minimum atomic E-state index is -6.29. The number of nitrogens with zero attached hydrogens (tertiary/aromatic N) is 1. The van der Waals surface area contributed by atoms with E-state index in [0.717, 1.165) is 12.1 Å². The highest BCUT2D eigenvalue weighted by Crippen LogP contribution is 2.53. The zero-order valence-corrected chi connectivity index (χ0v) is 12.7. The molecule has 0 heterocycles. The summed E-state index contributed by atoms with van der Waals surface area (Å²) in [6.07, 6.45) is -12.6. The summed E-state index contributed by atoms with van der Waals surface area (Å²) >= 11 is 0. The zero-order chi connectivity index (χ0) is 19.8. The summed E-state index contributed by atoms with van der Waals surface area (Å²) in [5, 5.41) is 11.3. The van der Waals surface area contributed by atoms with Gasteiger partial charge in [-0.2, -0.15) is 26.3 Å². The van der Waals surface area contributed by atoms with Gasteiger partial charge < -0.3 is 0 Å². The normalized spacial score (nSPS) is 14.1. The topological polar surface area (TPSA) is 43.1 Å². The third kappa shape index (κ3) is 3.35. The maximum Gasteiger partial charge on any atom is 0.435 e. The fourth-order valence-electron chi connectivity index (χ4n) is 2.48. The van der Waals surface area contributed by atoms with Crippen LogP contribution in [0.15, 0.2) is 54.6 Å². The van der Waals surface area contributed by atoms with Gasteiger partial charge in [0.25, 0.3) is 6.04 Å². The highest BCUT2D eigenvalue weighted by molar-refractivity contribution is 5.36. The maximum absolute atomic E-state index is 14.2. The first-order valence-electron chi connectivity index (χ1n) is 7.01. The Bertz CT molecular complexity index is 773. The van der Waals surface area contributed by atoms with E-state index in [4.69, 9.17) is 0 Å². The minimum absolute atomic E-state index is 0.0260. The van der Waals surface area contributed by atoms with E-state index in [-0.39, 0.29) is 11.6 Å². The van der Waals surface area contributed by atoms with Gasteiger partial charge in [-0.1, -0.05) is 48.5 Å². The molecule has 0 aliphatic carbocycles. The summed E-state index contributed by atoms with van der Waals surface area (Å²) < 4.78 is 91.4. The predicted molar refractivity (Wildman–Crippen MR) is 76.6 cm³/mol. The molecular formula is C16H10F7NO2. The Morgan fingerprint density at radius 2 is 1.27 bits per heavy atom. The summed E-state index contributed by atoms with van der Waals surface area (Å²) in [6, 6.07) is 7.40. The lowest BCUT2D eigenvalue weighted by Gasteiger charge is -2.30. The fraction of sp³-hybridized carbons (Fsp3) is 0.250.